The summed E-state index contributed by atoms with van der Waals surface area (Å²) in [5.74, 6) is 0.0101. The molecule has 3 rings (SSSR count). The number of hydrogen-bond donors (Lipinski definition) is 2. The van der Waals surface area contributed by atoms with Gasteiger partial charge in [-0.2, -0.15) is 0 Å². The van der Waals surface area contributed by atoms with Gasteiger partial charge in [0.25, 0.3) is 0 Å². The number of hydrogen-bond acceptors (Lipinski definition) is 3. The Labute approximate surface area is 163 Å². The van der Waals surface area contributed by atoms with Crippen molar-refractivity contribution < 1.29 is 9.59 Å². The van der Waals surface area contributed by atoms with E-state index in [1.165, 1.54) is 0 Å². The molecule has 0 aliphatic carbocycles. The molecule has 0 aromatic heterocycles. The molecule has 3 amide bonds. The lowest BCUT2D eigenvalue weighted by Crippen LogP contribution is -2.49. The van der Waals surface area contributed by atoms with Gasteiger partial charge in [0.05, 0.1) is 10.0 Å². The lowest BCUT2D eigenvalue weighted by Gasteiger charge is -2.33. The van der Waals surface area contributed by atoms with Gasteiger partial charge in [-0.05, 0) is 30.5 Å². The number of nitrogens with one attached hydrogen (secondary N) is 2. The number of piperidine rings is 1. The Hall–Kier alpha value is -1.50. The summed E-state index contributed by atoms with van der Waals surface area (Å²) in [6.45, 7) is 4.24. The quantitative estimate of drug-likeness (QED) is 0.821. The molecular formula is C18H24Cl2N4O2. The molecule has 2 fully saturated rings. The highest BCUT2D eigenvalue weighted by Crippen LogP contribution is 2.24. The maximum atomic E-state index is 12.4. The minimum Gasteiger partial charge on any atom is -0.354 e. The number of nitrogens with zero attached hydrogens (tertiary/aromatic N) is 2. The van der Waals surface area contributed by atoms with Crippen molar-refractivity contribution in [3.05, 3.63) is 33.8 Å². The van der Waals surface area contributed by atoms with Crippen molar-refractivity contribution in [3.8, 4) is 0 Å². The fourth-order valence-corrected chi connectivity index (χ4v) is 3.69. The van der Waals surface area contributed by atoms with Crippen molar-refractivity contribution >= 4 is 35.1 Å². The summed E-state index contributed by atoms with van der Waals surface area (Å²) in [7, 11) is 0. The summed E-state index contributed by atoms with van der Waals surface area (Å²) in [5.41, 5.74) is 1.14. The van der Waals surface area contributed by atoms with E-state index in [-0.39, 0.29) is 18.0 Å². The lowest BCUT2D eigenvalue weighted by atomic mass is 10.0. The molecule has 2 N–H and O–H groups in total. The molecule has 8 heteroatoms. The third-order valence-corrected chi connectivity index (χ3v) is 5.64. The monoisotopic (exact) mass is 398 g/mol. The van der Waals surface area contributed by atoms with E-state index >= 15 is 0 Å². The van der Waals surface area contributed by atoms with Gasteiger partial charge < -0.3 is 15.5 Å². The average Bonchev–Trinajstić information content (AvgIpc) is 2.84. The maximum absolute atomic E-state index is 12.4. The Kier molecular flexibility index (Phi) is 6.62. The molecule has 0 radical (unpaired) electrons. The fourth-order valence-electron chi connectivity index (χ4n) is 3.37. The van der Waals surface area contributed by atoms with Gasteiger partial charge in [-0.3, -0.25) is 9.69 Å². The van der Waals surface area contributed by atoms with Gasteiger partial charge in [-0.25, -0.2) is 4.79 Å². The van der Waals surface area contributed by atoms with E-state index in [2.05, 4.69) is 15.5 Å². The van der Waals surface area contributed by atoms with Gasteiger partial charge in [0.1, 0.15) is 0 Å². The minimum absolute atomic E-state index is 0.0101. The lowest BCUT2D eigenvalue weighted by molar-refractivity contribution is -0.120. The average molecular weight is 399 g/mol. The zero-order chi connectivity index (χ0) is 18.5. The van der Waals surface area contributed by atoms with Crippen molar-refractivity contribution in [1.29, 1.82) is 0 Å². The van der Waals surface area contributed by atoms with Crippen LogP contribution in [0.25, 0.3) is 0 Å². The molecule has 2 saturated heterocycles. The number of likely N-dealkylation sites (tertiary alicyclic amines) is 1. The summed E-state index contributed by atoms with van der Waals surface area (Å²) >= 11 is 12.0. The predicted octanol–water partition coefficient (Wildman–Crippen LogP) is 2.49. The van der Waals surface area contributed by atoms with E-state index in [1.807, 2.05) is 18.2 Å². The number of carbonyl (C=O) groups is 2. The Morgan fingerprint density at radius 1 is 1.15 bits per heavy atom. The molecule has 26 heavy (non-hydrogen) atoms. The first kappa shape index (κ1) is 19.3. The predicted molar refractivity (Wildman–Crippen MR) is 102 cm³/mol. The molecule has 142 valence electrons. The van der Waals surface area contributed by atoms with Crippen LogP contribution in [0.5, 0.6) is 0 Å². The highest BCUT2D eigenvalue weighted by molar-refractivity contribution is 6.42. The van der Waals surface area contributed by atoms with Crippen LogP contribution in [0.4, 0.5) is 4.79 Å². The largest absolute Gasteiger partial charge is 0.354 e. The van der Waals surface area contributed by atoms with Crippen LogP contribution in [-0.4, -0.2) is 60.5 Å². The number of urea groups is 1. The Morgan fingerprint density at radius 2 is 1.92 bits per heavy atom. The van der Waals surface area contributed by atoms with Crippen LogP contribution in [0.2, 0.25) is 10.0 Å². The first-order valence-electron chi connectivity index (χ1n) is 8.99. The summed E-state index contributed by atoms with van der Waals surface area (Å²) < 4.78 is 0. The van der Waals surface area contributed by atoms with E-state index in [9.17, 15) is 9.59 Å². The molecule has 0 bridgehead atoms. The molecule has 6 nitrogen and oxygen atoms in total. The van der Waals surface area contributed by atoms with Crippen molar-refractivity contribution in [2.45, 2.75) is 31.8 Å². The first-order chi connectivity index (χ1) is 12.5. The van der Waals surface area contributed by atoms with Crippen LogP contribution in [0.15, 0.2) is 18.2 Å². The van der Waals surface area contributed by atoms with Crippen LogP contribution < -0.4 is 10.6 Å². The normalized spacial score (nSPS) is 19.8. The number of carbonyl (C=O) groups excluding carboxylic acids is 2. The zero-order valence-electron chi connectivity index (χ0n) is 14.6. The number of rotatable bonds is 3. The molecule has 1 aromatic rings. The summed E-state index contributed by atoms with van der Waals surface area (Å²) in [6, 6.07) is 5.85. The molecule has 0 saturated carbocycles. The van der Waals surface area contributed by atoms with E-state index in [0.29, 0.717) is 36.1 Å². The van der Waals surface area contributed by atoms with Crippen molar-refractivity contribution in [3.63, 3.8) is 0 Å². The van der Waals surface area contributed by atoms with E-state index in [1.54, 1.807) is 4.90 Å². The standard InChI is InChI=1S/C18H24Cl2N4O2/c19-15-2-1-13(11-16(15)20)12-23-7-3-14(4-8-23)22-18(26)24-9-5-17(25)21-6-10-24/h1-2,11,14H,3-10,12H2,(H,21,25)(H,22,26). The van der Waals surface area contributed by atoms with Gasteiger partial charge >= 0.3 is 6.03 Å². The second-order valence-corrected chi connectivity index (χ2v) is 7.65. The zero-order valence-corrected chi connectivity index (χ0v) is 16.2. The van der Waals surface area contributed by atoms with Crippen molar-refractivity contribution in [2.75, 3.05) is 32.7 Å². The molecule has 2 heterocycles. The molecule has 1 aromatic carbocycles. The third kappa shape index (κ3) is 5.25. The van der Waals surface area contributed by atoms with E-state index in [0.717, 1.165) is 38.0 Å². The van der Waals surface area contributed by atoms with Gasteiger partial charge in [0.15, 0.2) is 0 Å². The van der Waals surface area contributed by atoms with Crippen molar-refractivity contribution in [1.82, 2.24) is 20.4 Å². The van der Waals surface area contributed by atoms with E-state index < -0.39 is 0 Å². The Bertz CT molecular complexity index is 663. The van der Waals surface area contributed by atoms with Crippen LogP contribution >= 0.6 is 23.2 Å². The number of halogens is 2. The maximum Gasteiger partial charge on any atom is 0.317 e. The summed E-state index contributed by atoms with van der Waals surface area (Å²) in [6.07, 6.45) is 2.20. The molecule has 0 spiro atoms. The topological polar surface area (TPSA) is 64.7 Å². The second-order valence-electron chi connectivity index (χ2n) is 6.84. The van der Waals surface area contributed by atoms with Crippen LogP contribution in [-0.2, 0) is 11.3 Å². The van der Waals surface area contributed by atoms with Gasteiger partial charge in [0.2, 0.25) is 5.91 Å². The van der Waals surface area contributed by atoms with Gasteiger partial charge in [-0.15, -0.1) is 0 Å². The highest BCUT2D eigenvalue weighted by Gasteiger charge is 2.24. The number of amides is 3. The Morgan fingerprint density at radius 3 is 2.65 bits per heavy atom. The summed E-state index contributed by atoms with van der Waals surface area (Å²) in [5, 5.41) is 7.05. The third-order valence-electron chi connectivity index (χ3n) is 4.91. The smallest absolute Gasteiger partial charge is 0.317 e. The van der Waals surface area contributed by atoms with Crippen LogP contribution in [0, 0.1) is 0 Å². The fraction of sp³-hybridized carbons (Fsp3) is 0.556. The van der Waals surface area contributed by atoms with Crippen LogP contribution in [0.3, 0.4) is 0 Å². The van der Waals surface area contributed by atoms with Crippen molar-refractivity contribution in [2.24, 2.45) is 0 Å². The molecule has 0 unspecified atom stereocenters. The highest BCUT2D eigenvalue weighted by atomic mass is 35.5. The van der Waals surface area contributed by atoms with Gasteiger partial charge in [-0.1, -0.05) is 29.3 Å². The minimum atomic E-state index is -0.0653. The summed E-state index contributed by atoms with van der Waals surface area (Å²) in [4.78, 5) is 27.9. The first-order valence-corrected chi connectivity index (χ1v) is 9.75. The second kappa shape index (κ2) is 8.93. The number of benzene rings is 1. The van der Waals surface area contributed by atoms with Crippen LogP contribution in [0.1, 0.15) is 24.8 Å². The Balaban J connectivity index is 1.43. The molecular weight excluding hydrogens is 375 g/mol. The molecule has 0 atom stereocenters. The van der Waals surface area contributed by atoms with E-state index in [4.69, 9.17) is 23.2 Å². The van der Waals surface area contributed by atoms with Gasteiger partial charge in [0, 0.05) is 51.7 Å². The molecule has 2 aliphatic heterocycles. The molecule has 2 aliphatic rings. The SMILES string of the molecule is O=C1CCN(C(=O)NC2CCN(Cc3ccc(Cl)c(Cl)c3)CC2)CCN1.